The molecule has 5 nitrogen and oxygen atoms in total. The summed E-state index contributed by atoms with van der Waals surface area (Å²) in [5.41, 5.74) is -0.269. The molecule has 16 heavy (non-hydrogen) atoms. The van der Waals surface area contributed by atoms with Gasteiger partial charge in [0.2, 0.25) is 0 Å². The van der Waals surface area contributed by atoms with Gasteiger partial charge in [0.1, 0.15) is 5.82 Å². The smallest absolute Gasteiger partial charge is 0.423 e. The second kappa shape index (κ2) is 5.59. The molecule has 7 heteroatoms. The molecule has 4 N–H and O–H groups in total. The molecule has 1 aromatic rings. The number of benzene rings is 1. The monoisotopic (exact) mass is 227 g/mol. The molecule has 0 bridgehead atoms. The second-order valence-electron chi connectivity index (χ2n) is 3.09. The summed E-state index contributed by atoms with van der Waals surface area (Å²) >= 11 is 0. The van der Waals surface area contributed by atoms with Gasteiger partial charge in [-0.2, -0.15) is 0 Å². The highest BCUT2D eigenvalue weighted by atomic mass is 19.1. The first kappa shape index (κ1) is 12.6. The van der Waals surface area contributed by atoms with Gasteiger partial charge in [-0.05, 0) is 18.2 Å². The van der Waals surface area contributed by atoms with Gasteiger partial charge in [-0.3, -0.25) is 4.79 Å². The first-order valence-corrected chi connectivity index (χ1v) is 4.61. The van der Waals surface area contributed by atoms with Crippen LogP contribution in [0.25, 0.3) is 0 Å². The van der Waals surface area contributed by atoms with Crippen LogP contribution < -0.4 is 10.8 Å². The molecule has 0 saturated carbocycles. The number of carbonyl (C=O) groups is 1. The molecular weight excluding hydrogens is 216 g/mol. The van der Waals surface area contributed by atoms with Crippen molar-refractivity contribution in [2.24, 2.45) is 0 Å². The SMILES string of the molecule is O=C(NCCO)c1ccc(F)c(B(O)O)c1. The zero-order valence-corrected chi connectivity index (χ0v) is 8.35. The van der Waals surface area contributed by atoms with Gasteiger partial charge in [-0.1, -0.05) is 0 Å². The summed E-state index contributed by atoms with van der Waals surface area (Å²) in [6.45, 7) is -0.129. The lowest BCUT2D eigenvalue weighted by molar-refractivity contribution is 0.0945. The number of hydrogen-bond acceptors (Lipinski definition) is 4. The van der Waals surface area contributed by atoms with Crippen molar-refractivity contribution in [1.29, 1.82) is 0 Å². The fraction of sp³-hybridized carbons (Fsp3) is 0.222. The summed E-state index contributed by atoms with van der Waals surface area (Å²) in [6, 6.07) is 3.24. The Hall–Kier alpha value is -1.44. The van der Waals surface area contributed by atoms with Crippen molar-refractivity contribution in [2.45, 2.75) is 0 Å². The third-order valence-corrected chi connectivity index (χ3v) is 1.93. The summed E-state index contributed by atoms with van der Waals surface area (Å²) in [5, 5.41) is 28.5. The van der Waals surface area contributed by atoms with Crippen molar-refractivity contribution in [1.82, 2.24) is 5.32 Å². The number of aliphatic hydroxyl groups excluding tert-OH is 1. The maximum absolute atomic E-state index is 13.0. The van der Waals surface area contributed by atoms with E-state index in [2.05, 4.69) is 5.32 Å². The summed E-state index contributed by atoms with van der Waals surface area (Å²) in [7, 11) is -1.97. The highest BCUT2D eigenvalue weighted by molar-refractivity contribution is 6.58. The van der Waals surface area contributed by atoms with Gasteiger partial charge in [-0.15, -0.1) is 0 Å². The largest absolute Gasteiger partial charge is 0.491 e. The number of nitrogens with one attached hydrogen (secondary N) is 1. The Balaban J connectivity index is 2.90. The number of amides is 1. The molecule has 86 valence electrons. The van der Waals surface area contributed by atoms with E-state index in [1.807, 2.05) is 0 Å². The lowest BCUT2D eigenvalue weighted by Crippen LogP contribution is -2.34. The first-order valence-electron chi connectivity index (χ1n) is 4.61. The molecule has 1 aromatic carbocycles. The minimum Gasteiger partial charge on any atom is -0.423 e. The maximum atomic E-state index is 13.0. The minimum absolute atomic E-state index is 0.0766. The van der Waals surface area contributed by atoms with E-state index in [4.69, 9.17) is 15.2 Å². The molecule has 0 spiro atoms. The Kier molecular flexibility index (Phi) is 4.42. The Morgan fingerprint density at radius 3 is 2.69 bits per heavy atom. The van der Waals surface area contributed by atoms with Crippen molar-refractivity contribution in [3.63, 3.8) is 0 Å². The fourth-order valence-corrected chi connectivity index (χ4v) is 1.15. The number of halogens is 1. The molecule has 1 rings (SSSR count). The van der Waals surface area contributed by atoms with Crippen LogP contribution in [0.15, 0.2) is 18.2 Å². The van der Waals surface area contributed by atoms with Crippen LogP contribution in [0.5, 0.6) is 0 Å². The molecule has 0 radical (unpaired) electrons. The molecule has 0 heterocycles. The molecule has 0 aliphatic carbocycles. The molecular formula is C9H11BFNO4. The lowest BCUT2D eigenvalue weighted by atomic mass is 9.79. The van der Waals surface area contributed by atoms with Gasteiger partial charge in [0, 0.05) is 17.6 Å². The number of aliphatic hydroxyl groups is 1. The predicted molar refractivity (Wildman–Crippen MR) is 55.6 cm³/mol. The molecule has 0 unspecified atom stereocenters. The average molecular weight is 227 g/mol. The first-order chi connectivity index (χ1) is 7.56. The zero-order valence-electron chi connectivity index (χ0n) is 8.35. The maximum Gasteiger partial charge on any atom is 0.491 e. The van der Waals surface area contributed by atoms with Gasteiger partial charge in [0.25, 0.3) is 5.91 Å². The lowest BCUT2D eigenvalue weighted by Gasteiger charge is -2.06. The van der Waals surface area contributed by atoms with E-state index < -0.39 is 18.8 Å². The Morgan fingerprint density at radius 1 is 1.44 bits per heavy atom. The van der Waals surface area contributed by atoms with Crippen molar-refractivity contribution in [3.05, 3.63) is 29.6 Å². The average Bonchev–Trinajstić information content (AvgIpc) is 2.26. The molecule has 1 amide bonds. The van der Waals surface area contributed by atoms with E-state index in [1.54, 1.807) is 0 Å². The molecule has 0 atom stereocenters. The van der Waals surface area contributed by atoms with E-state index in [1.165, 1.54) is 6.07 Å². The number of rotatable bonds is 4. The van der Waals surface area contributed by atoms with E-state index in [-0.39, 0.29) is 24.2 Å². The van der Waals surface area contributed by atoms with Crippen LogP contribution in [0.2, 0.25) is 0 Å². The predicted octanol–water partition coefficient (Wildman–Crippen LogP) is -1.77. The van der Waals surface area contributed by atoms with Crippen LogP contribution in [0.3, 0.4) is 0 Å². The van der Waals surface area contributed by atoms with Crippen LogP contribution in [-0.4, -0.2) is 41.3 Å². The van der Waals surface area contributed by atoms with Crippen LogP contribution in [0.4, 0.5) is 4.39 Å². The minimum atomic E-state index is -1.97. The molecule has 0 fully saturated rings. The van der Waals surface area contributed by atoms with E-state index >= 15 is 0 Å². The van der Waals surface area contributed by atoms with E-state index in [0.717, 1.165) is 12.1 Å². The Morgan fingerprint density at radius 2 is 2.12 bits per heavy atom. The van der Waals surface area contributed by atoms with E-state index in [0.29, 0.717) is 0 Å². The number of carbonyl (C=O) groups excluding carboxylic acids is 1. The fourth-order valence-electron chi connectivity index (χ4n) is 1.15. The van der Waals surface area contributed by atoms with Crippen LogP contribution in [0, 0.1) is 5.82 Å². The van der Waals surface area contributed by atoms with Crippen molar-refractivity contribution in [2.75, 3.05) is 13.2 Å². The van der Waals surface area contributed by atoms with Gasteiger partial charge < -0.3 is 20.5 Å². The van der Waals surface area contributed by atoms with Crippen molar-refractivity contribution < 1.29 is 24.3 Å². The quantitative estimate of drug-likeness (QED) is 0.458. The van der Waals surface area contributed by atoms with Crippen LogP contribution in [0.1, 0.15) is 10.4 Å². The van der Waals surface area contributed by atoms with Gasteiger partial charge >= 0.3 is 7.12 Å². The highest BCUT2D eigenvalue weighted by Crippen LogP contribution is 2.01. The third-order valence-electron chi connectivity index (χ3n) is 1.93. The topological polar surface area (TPSA) is 89.8 Å². The van der Waals surface area contributed by atoms with Gasteiger partial charge in [-0.25, -0.2) is 4.39 Å². The van der Waals surface area contributed by atoms with Crippen molar-refractivity contribution in [3.8, 4) is 0 Å². The summed E-state index contributed by atoms with van der Waals surface area (Å²) < 4.78 is 13.0. The zero-order chi connectivity index (χ0) is 12.1. The summed E-state index contributed by atoms with van der Waals surface area (Å²) in [5.74, 6) is -1.32. The summed E-state index contributed by atoms with van der Waals surface area (Å²) in [4.78, 5) is 11.4. The second-order valence-corrected chi connectivity index (χ2v) is 3.09. The molecule has 0 aromatic heterocycles. The Bertz CT molecular complexity index is 386. The third kappa shape index (κ3) is 3.03. The molecule has 0 aliphatic rings. The summed E-state index contributed by atoms with van der Waals surface area (Å²) in [6.07, 6.45) is 0. The Labute approximate surface area is 91.7 Å². The molecule has 0 aliphatic heterocycles. The van der Waals surface area contributed by atoms with Crippen LogP contribution in [-0.2, 0) is 0 Å². The normalized spacial score (nSPS) is 10.0. The van der Waals surface area contributed by atoms with Crippen LogP contribution >= 0.6 is 0 Å². The van der Waals surface area contributed by atoms with Crippen molar-refractivity contribution >= 4 is 18.5 Å². The standard InChI is InChI=1S/C9H11BFNO4/c11-8-2-1-6(5-7(8)10(15)16)9(14)12-3-4-13/h1-2,5,13,15-16H,3-4H2,(H,12,14). The molecule has 0 saturated heterocycles. The highest BCUT2D eigenvalue weighted by Gasteiger charge is 2.18. The van der Waals surface area contributed by atoms with Gasteiger partial charge in [0.15, 0.2) is 0 Å². The van der Waals surface area contributed by atoms with Gasteiger partial charge in [0.05, 0.1) is 6.61 Å². The van der Waals surface area contributed by atoms with E-state index in [9.17, 15) is 9.18 Å². The number of hydrogen-bond donors (Lipinski definition) is 4.